The number of aryl methyl sites for hydroxylation is 1. The Morgan fingerprint density at radius 2 is 1.72 bits per heavy atom. The number of likely N-dealkylation sites (N-methyl/N-ethyl adjacent to an activating group) is 1. The van der Waals surface area contributed by atoms with Crippen molar-refractivity contribution in [3.05, 3.63) is 65.2 Å². The molecule has 2 amide bonds. The lowest BCUT2D eigenvalue weighted by molar-refractivity contribution is -0.135. The number of carbonyl (C=O) groups excluding carboxylic acids is 2. The predicted octanol–water partition coefficient (Wildman–Crippen LogP) is 3.43. The summed E-state index contributed by atoms with van der Waals surface area (Å²) in [6.07, 6.45) is 1.69. The number of amides is 2. The highest BCUT2D eigenvalue weighted by Gasteiger charge is 2.52. The van der Waals surface area contributed by atoms with Gasteiger partial charge in [0, 0.05) is 12.7 Å². The van der Waals surface area contributed by atoms with Crippen LogP contribution >= 0.6 is 0 Å². The highest BCUT2D eigenvalue weighted by atomic mass is 16.2. The maximum atomic E-state index is 12.9. The molecule has 0 radical (unpaired) electrons. The lowest BCUT2D eigenvalue weighted by Gasteiger charge is -2.23. The first-order chi connectivity index (χ1) is 11.9. The first-order valence-corrected chi connectivity index (χ1v) is 8.61. The minimum atomic E-state index is -0.435. The smallest absolute Gasteiger partial charge is 0.243 e. The van der Waals surface area contributed by atoms with Gasteiger partial charge in [-0.25, -0.2) is 0 Å². The molecule has 1 saturated carbocycles. The van der Waals surface area contributed by atoms with Crippen molar-refractivity contribution in [3.63, 3.8) is 0 Å². The van der Waals surface area contributed by atoms with E-state index in [0.717, 1.165) is 35.2 Å². The lowest BCUT2D eigenvalue weighted by atomic mass is 9.94. The molecule has 0 spiro atoms. The molecule has 0 atom stereocenters. The molecule has 2 aromatic rings. The van der Waals surface area contributed by atoms with E-state index in [0.29, 0.717) is 0 Å². The molecular formula is C21H24N2O2. The minimum absolute atomic E-state index is 0.0230. The van der Waals surface area contributed by atoms with Crippen molar-refractivity contribution < 1.29 is 9.59 Å². The number of carbonyl (C=O) groups is 2. The summed E-state index contributed by atoms with van der Waals surface area (Å²) in [5.41, 5.74) is 3.59. The molecule has 1 N–H and O–H groups in total. The summed E-state index contributed by atoms with van der Waals surface area (Å²) < 4.78 is 0. The van der Waals surface area contributed by atoms with Gasteiger partial charge in [-0.1, -0.05) is 42.5 Å². The number of benzene rings is 2. The van der Waals surface area contributed by atoms with Crippen molar-refractivity contribution in [2.75, 3.05) is 18.9 Å². The van der Waals surface area contributed by atoms with Gasteiger partial charge >= 0.3 is 0 Å². The van der Waals surface area contributed by atoms with Crippen LogP contribution in [0.5, 0.6) is 0 Å². The normalized spacial score (nSPS) is 14.7. The zero-order valence-corrected chi connectivity index (χ0v) is 15.0. The maximum Gasteiger partial charge on any atom is 0.243 e. The fourth-order valence-electron chi connectivity index (χ4n) is 3.24. The van der Waals surface area contributed by atoms with Crippen molar-refractivity contribution in [2.24, 2.45) is 0 Å². The topological polar surface area (TPSA) is 49.4 Å². The lowest BCUT2D eigenvalue weighted by Crippen LogP contribution is -2.41. The highest BCUT2D eigenvalue weighted by Crippen LogP contribution is 2.49. The van der Waals surface area contributed by atoms with Crippen LogP contribution in [0.15, 0.2) is 48.5 Å². The third-order valence-corrected chi connectivity index (χ3v) is 5.09. The summed E-state index contributed by atoms with van der Waals surface area (Å²) in [4.78, 5) is 26.8. The number of nitrogens with one attached hydrogen (secondary N) is 1. The SMILES string of the molecule is Cc1cccc(NC(=O)CN(C)C(=O)C2(c3ccccc3)CC2)c1C. The molecule has 4 nitrogen and oxygen atoms in total. The molecule has 3 rings (SSSR count). The summed E-state index contributed by atoms with van der Waals surface area (Å²) >= 11 is 0. The van der Waals surface area contributed by atoms with E-state index in [1.807, 2.05) is 62.4 Å². The Bertz CT molecular complexity index is 795. The predicted molar refractivity (Wildman–Crippen MR) is 99.5 cm³/mol. The Kier molecular flexibility index (Phi) is 4.62. The molecule has 130 valence electrons. The summed E-state index contributed by atoms with van der Waals surface area (Å²) in [5, 5.41) is 2.92. The largest absolute Gasteiger partial charge is 0.336 e. The van der Waals surface area contributed by atoms with Crippen molar-refractivity contribution in [1.29, 1.82) is 0 Å². The Morgan fingerprint density at radius 1 is 1.04 bits per heavy atom. The average molecular weight is 336 g/mol. The van der Waals surface area contributed by atoms with E-state index in [1.54, 1.807) is 11.9 Å². The molecule has 25 heavy (non-hydrogen) atoms. The van der Waals surface area contributed by atoms with Crippen LogP contribution in [0, 0.1) is 13.8 Å². The minimum Gasteiger partial charge on any atom is -0.336 e. The molecule has 2 aromatic carbocycles. The average Bonchev–Trinajstić information content (AvgIpc) is 3.41. The number of nitrogens with zero attached hydrogens (tertiary/aromatic N) is 1. The van der Waals surface area contributed by atoms with Crippen molar-refractivity contribution in [2.45, 2.75) is 32.1 Å². The van der Waals surface area contributed by atoms with Gasteiger partial charge in [0.2, 0.25) is 11.8 Å². The maximum absolute atomic E-state index is 12.9. The third kappa shape index (κ3) is 3.43. The second kappa shape index (κ2) is 6.71. The fraction of sp³-hybridized carbons (Fsp3) is 0.333. The third-order valence-electron chi connectivity index (χ3n) is 5.09. The van der Waals surface area contributed by atoms with Crippen molar-refractivity contribution in [1.82, 2.24) is 4.90 Å². The van der Waals surface area contributed by atoms with Crippen LogP contribution in [0.4, 0.5) is 5.69 Å². The molecule has 0 heterocycles. The second-order valence-electron chi connectivity index (χ2n) is 6.90. The van der Waals surface area contributed by atoms with Gasteiger partial charge in [-0.3, -0.25) is 9.59 Å². The van der Waals surface area contributed by atoms with E-state index in [9.17, 15) is 9.59 Å². The van der Waals surface area contributed by atoms with Gasteiger partial charge in [-0.2, -0.15) is 0 Å². The van der Waals surface area contributed by atoms with Crippen LogP contribution < -0.4 is 5.32 Å². The molecule has 1 aliphatic rings. The van der Waals surface area contributed by atoms with Crippen LogP contribution in [-0.2, 0) is 15.0 Å². The first kappa shape index (κ1) is 17.2. The molecule has 1 fully saturated rings. The number of hydrogen-bond acceptors (Lipinski definition) is 2. The fourth-order valence-corrected chi connectivity index (χ4v) is 3.24. The zero-order chi connectivity index (χ0) is 18.0. The van der Waals surface area contributed by atoms with Gasteiger partial charge in [0.25, 0.3) is 0 Å². The summed E-state index contributed by atoms with van der Waals surface area (Å²) in [6, 6.07) is 15.7. The van der Waals surface area contributed by atoms with Crippen molar-refractivity contribution >= 4 is 17.5 Å². The molecule has 0 bridgehead atoms. The Labute approximate surface area is 148 Å². The Morgan fingerprint density at radius 3 is 2.36 bits per heavy atom. The molecule has 0 unspecified atom stereocenters. The molecule has 0 aliphatic heterocycles. The Hall–Kier alpha value is -2.62. The monoisotopic (exact) mass is 336 g/mol. The summed E-state index contributed by atoms with van der Waals surface area (Å²) in [6.45, 7) is 4.05. The molecule has 0 saturated heterocycles. The standard InChI is InChI=1S/C21H24N2O2/c1-15-8-7-11-18(16(15)2)22-19(24)14-23(3)20(25)21(12-13-21)17-9-5-4-6-10-17/h4-11H,12-14H2,1-3H3,(H,22,24). The van der Waals surface area contributed by atoms with Crippen LogP contribution in [-0.4, -0.2) is 30.3 Å². The summed E-state index contributed by atoms with van der Waals surface area (Å²) in [5.74, 6) is -0.150. The molecular weight excluding hydrogens is 312 g/mol. The molecule has 4 heteroatoms. The van der Waals surface area contributed by atoms with Gasteiger partial charge < -0.3 is 10.2 Å². The number of rotatable bonds is 5. The Balaban J connectivity index is 1.66. The second-order valence-corrected chi connectivity index (χ2v) is 6.90. The van der Waals surface area contributed by atoms with E-state index in [4.69, 9.17) is 0 Å². The van der Waals surface area contributed by atoms with Gasteiger partial charge in [-0.05, 0) is 49.4 Å². The van der Waals surface area contributed by atoms with Gasteiger partial charge in [0.05, 0.1) is 12.0 Å². The van der Waals surface area contributed by atoms with E-state index < -0.39 is 5.41 Å². The van der Waals surface area contributed by atoms with Gasteiger partial charge in [0.15, 0.2) is 0 Å². The van der Waals surface area contributed by atoms with Crippen LogP contribution in [0.1, 0.15) is 29.5 Å². The van der Waals surface area contributed by atoms with Crippen LogP contribution in [0.3, 0.4) is 0 Å². The van der Waals surface area contributed by atoms with Crippen LogP contribution in [0.25, 0.3) is 0 Å². The number of anilines is 1. The zero-order valence-electron chi connectivity index (χ0n) is 15.0. The van der Waals surface area contributed by atoms with Gasteiger partial charge in [-0.15, -0.1) is 0 Å². The first-order valence-electron chi connectivity index (χ1n) is 8.61. The van der Waals surface area contributed by atoms with E-state index >= 15 is 0 Å². The van der Waals surface area contributed by atoms with Gasteiger partial charge in [0.1, 0.15) is 0 Å². The van der Waals surface area contributed by atoms with Crippen LogP contribution in [0.2, 0.25) is 0 Å². The molecule has 1 aliphatic carbocycles. The summed E-state index contributed by atoms with van der Waals surface area (Å²) in [7, 11) is 1.70. The van der Waals surface area contributed by atoms with Crippen molar-refractivity contribution in [3.8, 4) is 0 Å². The quantitative estimate of drug-likeness (QED) is 0.909. The van der Waals surface area contributed by atoms with E-state index in [2.05, 4.69) is 5.32 Å². The molecule has 0 aromatic heterocycles. The van der Waals surface area contributed by atoms with E-state index in [1.165, 1.54) is 0 Å². The highest BCUT2D eigenvalue weighted by molar-refractivity contribution is 5.98. The van der Waals surface area contributed by atoms with E-state index in [-0.39, 0.29) is 18.4 Å². The number of hydrogen-bond donors (Lipinski definition) is 1.